The summed E-state index contributed by atoms with van der Waals surface area (Å²) in [5.41, 5.74) is 3.23. The van der Waals surface area contributed by atoms with E-state index in [2.05, 4.69) is 14.9 Å². The van der Waals surface area contributed by atoms with Crippen molar-refractivity contribution < 1.29 is 17.9 Å². The predicted molar refractivity (Wildman–Crippen MR) is 118 cm³/mol. The van der Waals surface area contributed by atoms with Crippen LogP contribution in [0, 0.1) is 13.8 Å². The monoisotopic (exact) mass is 462 g/mol. The number of rotatable bonds is 7. The van der Waals surface area contributed by atoms with Gasteiger partial charge >= 0.3 is 6.18 Å². The van der Waals surface area contributed by atoms with Crippen LogP contribution in [0.1, 0.15) is 17.5 Å². The van der Waals surface area contributed by atoms with Crippen molar-refractivity contribution >= 4 is 28.4 Å². The minimum Gasteiger partial charge on any atom is -0.372 e. The van der Waals surface area contributed by atoms with Crippen molar-refractivity contribution in [1.29, 1.82) is 0 Å². The molecule has 0 atom stereocenters. The van der Waals surface area contributed by atoms with Gasteiger partial charge in [-0.3, -0.25) is 9.20 Å². The molecule has 6 nitrogen and oxygen atoms in total. The Morgan fingerprint density at radius 3 is 2.62 bits per heavy atom. The smallest absolute Gasteiger partial charge is 0.372 e. The summed E-state index contributed by atoms with van der Waals surface area (Å²) in [4.78, 5) is 13.4. The quantitative estimate of drug-likeness (QED) is 0.294. The SMILES string of the molecule is Cc1ccc(-n2c(=O)c3ccccc3n3c(SCCCOCC(F)(F)F)nnc23)c(C)c1. The van der Waals surface area contributed by atoms with Gasteiger partial charge in [-0.1, -0.05) is 41.6 Å². The molecule has 0 saturated carbocycles. The molecule has 0 unspecified atom stereocenters. The van der Waals surface area contributed by atoms with E-state index in [-0.39, 0.29) is 12.2 Å². The van der Waals surface area contributed by atoms with Gasteiger partial charge in [0.2, 0.25) is 5.78 Å². The minimum atomic E-state index is -4.33. The number of ether oxygens (including phenoxy) is 1. The minimum absolute atomic E-state index is 0.00271. The molecule has 10 heteroatoms. The van der Waals surface area contributed by atoms with Gasteiger partial charge in [0.1, 0.15) is 6.61 Å². The highest BCUT2D eigenvalue weighted by Crippen LogP contribution is 2.25. The van der Waals surface area contributed by atoms with Gasteiger partial charge in [-0.05, 0) is 44.0 Å². The lowest BCUT2D eigenvalue weighted by Gasteiger charge is -2.13. The molecule has 0 aliphatic carbocycles. The summed E-state index contributed by atoms with van der Waals surface area (Å²) in [6.45, 7) is 2.67. The summed E-state index contributed by atoms with van der Waals surface area (Å²) in [7, 11) is 0. The summed E-state index contributed by atoms with van der Waals surface area (Å²) in [5, 5.41) is 9.65. The Morgan fingerprint density at radius 2 is 1.88 bits per heavy atom. The maximum atomic E-state index is 13.4. The number of aryl methyl sites for hydroxylation is 2. The first-order chi connectivity index (χ1) is 15.3. The van der Waals surface area contributed by atoms with Gasteiger partial charge in [-0.25, -0.2) is 4.57 Å². The van der Waals surface area contributed by atoms with E-state index in [1.165, 1.54) is 11.8 Å². The van der Waals surface area contributed by atoms with Crippen LogP contribution < -0.4 is 5.56 Å². The molecule has 4 rings (SSSR count). The van der Waals surface area contributed by atoms with Crippen LogP contribution in [0.2, 0.25) is 0 Å². The van der Waals surface area contributed by atoms with Crippen molar-refractivity contribution in [2.24, 2.45) is 0 Å². The van der Waals surface area contributed by atoms with Crippen molar-refractivity contribution in [2.45, 2.75) is 31.6 Å². The Bertz CT molecular complexity index is 1330. The molecule has 2 aromatic carbocycles. The zero-order chi connectivity index (χ0) is 22.9. The standard InChI is InChI=1S/C22H21F3N4O2S/c1-14-8-9-17(15(2)12-14)28-19(30)16-6-3-4-7-18(16)29-20(28)26-27-21(29)32-11-5-10-31-13-22(23,24)25/h3-4,6-9,12H,5,10-11,13H2,1-2H3. The van der Waals surface area contributed by atoms with E-state index < -0.39 is 12.8 Å². The molecule has 32 heavy (non-hydrogen) atoms. The molecule has 0 spiro atoms. The van der Waals surface area contributed by atoms with Gasteiger partial charge in [0.15, 0.2) is 5.16 Å². The molecule has 0 bridgehead atoms. The maximum absolute atomic E-state index is 13.4. The van der Waals surface area contributed by atoms with Crippen molar-refractivity contribution in [2.75, 3.05) is 19.0 Å². The highest BCUT2D eigenvalue weighted by atomic mass is 32.2. The first-order valence-electron chi connectivity index (χ1n) is 10.00. The highest BCUT2D eigenvalue weighted by Gasteiger charge is 2.27. The maximum Gasteiger partial charge on any atom is 0.411 e. The number of hydrogen-bond acceptors (Lipinski definition) is 5. The Balaban J connectivity index is 1.71. The van der Waals surface area contributed by atoms with E-state index in [0.717, 1.165) is 16.8 Å². The van der Waals surface area contributed by atoms with Gasteiger partial charge in [0, 0.05) is 12.4 Å². The van der Waals surface area contributed by atoms with Gasteiger partial charge in [0.05, 0.1) is 16.6 Å². The number of thioether (sulfide) groups is 1. The van der Waals surface area contributed by atoms with Crippen LogP contribution in [-0.2, 0) is 4.74 Å². The zero-order valence-corrected chi connectivity index (χ0v) is 18.3. The second kappa shape index (κ2) is 8.95. The first kappa shape index (κ1) is 22.3. The second-order valence-corrected chi connectivity index (χ2v) is 8.50. The van der Waals surface area contributed by atoms with Crippen molar-refractivity contribution in [3.05, 3.63) is 63.9 Å². The summed E-state index contributed by atoms with van der Waals surface area (Å²) in [6, 6.07) is 13.1. The average Bonchev–Trinajstić information content (AvgIpc) is 3.15. The first-order valence-corrected chi connectivity index (χ1v) is 11.0. The fraction of sp³-hybridized carbons (Fsp3) is 0.318. The van der Waals surface area contributed by atoms with Crippen molar-refractivity contribution in [3.63, 3.8) is 0 Å². The van der Waals surface area contributed by atoms with Crippen LogP contribution >= 0.6 is 11.8 Å². The third kappa shape index (κ3) is 4.51. The lowest BCUT2D eigenvalue weighted by atomic mass is 10.1. The zero-order valence-electron chi connectivity index (χ0n) is 17.5. The normalized spacial score (nSPS) is 12.2. The van der Waals surface area contributed by atoms with Crippen LogP contribution in [0.3, 0.4) is 0 Å². The molecule has 0 radical (unpaired) electrons. The molecule has 0 N–H and O–H groups in total. The van der Waals surface area contributed by atoms with E-state index >= 15 is 0 Å². The molecule has 2 aromatic heterocycles. The van der Waals surface area contributed by atoms with Gasteiger partial charge in [-0.2, -0.15) is 13.2 Å². The number of fused-ring (bicyclic) bond motifs is 3. The Labute approximate surface area is 186 Å². The van der Waals surface area contributed by atoms with Crippen LogP contribution in [0.5, 0.6) is 0 Å². The number of halogens is 3. The number of hydrogen-bond donors (Lipinski definition) is 0. The number of benzene rings is 2. The van der Waals surface area contributed by atoms with Crippen LogP contribution in [-0.4, -0.2) is 44.3 Å². The number of nitrogens with zero attached hydrogens (tertiary/aromatic N) is 4. The van der Waals surface area contributed by atoms with E-state index in [1.54, 1.807) is 16.7 Å². The molecule has 4 aromatic rings. The fourth-order valence-electron chi connectivity index (χ4n) is 3.56. The molecule has 2 heterocycles. The summed E-state index contributed by atoms with van der Waals surface area (Å²) in [5.74, 6) is 0.881. The molecule has 0 aliphatic rings. The van der Waals surface area contributed by atoms with Crippen molar-refractivity contribution in [3.8, 4) is 5.69 Å². The van der Waals surface area contributed by atoms with Crippen LogP contribution in [0.4, 0.5) is 13.2 Å². The van der Waals surface area contributed by atoms with E-state index in [9.17, 15) is 18.0 Å². The predicted octanol–water partition coefficient (Wildman–Crippen LogP) is 4.71. The summed E-state index contributed by atoms with van der Waals surface area (Å²) in [6.07, 6.45) is -3.91. The Morgan fingerprint density at radius 1 is 1.09 bits per heavy atom. The third-order valence-corrected chi connectivity index (χ3v) is 5.93. The molecule has 168 valence electrons. The fourth-order valence-corrected chi connectivity index (χ4v) is 4.41. The number of alkyl halides is 3. The molecule has 0 amide bonds. The lowest BCUT2D eigenvalue weighted by Crippen LogP contribution is -2.22. The largest absolute Gasteiger partial charge is 0.411 e. The summed E-state index contributed by atoms with van der Waals surface area (Å²) >= 11 is 1.36. The van der Waals surface area contributed by atoms with Crippen LogP contribution in [0.25, 0.3) is 22.4 Å². The molecule has 0 fully saturated rings. The summed E-state index contributed by atoms with van der Waals surface area (Å²) < 4.78 is 44.6. The second-order valence-electron chi connectivity index (χ2n) is 7.44. The lowest BCUT2D eigenvalue weighted by molar-refractivity contribution is -0.173. The van der Waals surface area contributed by atoms with Gasteiger partial charge < -0.3 is 4.74 Å². The average molecular weight is 462 g/mol. The van der Waals surface area contributed by atoms with E-state index in [0.29, 0.717) is 34.0 Å². The number of para-hydroxylation sites is 1. The Kier molecular flexibility index (Phi) is 6.25. The third-order valence-electron chi connectivity index (χ3n) is 4.92. The van der Waals surface area contributed by atoms with E-state index in [4.69, 9.17) is 0 Å². The Hall–Kier alpha value is -2.85. The number of aromatic nitrogens is 4. The topological polar surface area (TPSA) is 61.4 Å². The molecule has 0 aliphatic heterocycles. The van der Waals surface area contributed by atoms with Crippen LogP contribution in [0.15, 0.2) is 52.4 Å². The van der Waals surface area contributed by atoms with Gasteiger partial charge in [0.25, 0.3) is 5.56 Å². The highest BCUT2D eigenvalue weighted by molar-refractivity contribution is 7.99. The van der Waals surface area contributed by atoms with Gasteiger partial charge in [-0.15, -0.1) is 10.2 Å². The van der Waals surface area contributed by atoms with E-state index in [1.807, 2.05) is 48.6 Å². The van der Waals surface area contributed by atoms with Crippen molar-refractivity contribution in [1.82, 2.24) is 19.2 Å². The molecule has 0 saturated heterocycles. The molecular formula is C22H21F3N4O2S. The molecular weight excluding hydrogens is 441 g/mol.